The lowest BCUT2D eigenvalue weighted by molar-refractivity contribution is -0.116. The molecule has 33 heavy (non-hydrogen) atoms. The highest BCUT2D eigenvalue weighted by Crippen LogP contribution is 2.21. The second kappa shape index (κ2) is 10.1. The normalized spacial score (nSPS) is 10.5. The predicted molar refractivity (Wildman–Crippen MR) is 127 cm³/mol. The van der Waals surface area contributed by atoms with Crippen molar-refractivity contribution < 1.29 is 18.8 Å². The van der Waals surface area contributed by atoms with Gasteiger partial charge in [-0.15, -0.1) is 0 Å². The fourth-order valence-electron chi connectivity index (χ4n) is 3.42. The Hall–Kier alpha value is -4.00. The molecule has 0 fully saturated rings. The molecule has 3 rings (SSSR count). The number of halogens is 1. The van der Waals surface area contributed by atoms with E-state index in [9.17, 15) is 18.8 Å². The maximum Gasteiger partial charge on any atom is 0.258 e. The lowest BCUT2D eigenvalue weighted by Crippen LogP contribution is -2.35. The number of hydrogen-bond donors (Lipinski definition) is 2. The number of anilines is 2. The van der Waals surface area contributed by atoms with Crippen LogP contribution in [0.5, 0.6) is 0 Å². The van der Waals surface area contributed by atoms with Gasteiger partial charge in [0.2, 0.25) is 5.91 Å². The van der Waals surface area contributed by atoms with Crippen molar-refractivity contribution in [1.82, 2.24) is 4.90 Å². The van der Waals surface area contributed by atoms with Crippen molar-refractivity contribution in [2.75, 3.05) is 24.2 Å². The van der Waals surface area contributed by atoms with Gasteiger partial charge in [-0.2, -0.15) is 0 Å². The monoisotopic (exact) mass is 447 g/mol. The maximum absolute atomic E-state index is 13.9. The molecule has 0 unspecified atom stereocenters. The van der Waals surface area contributed by atoms with Gasteiger partial charge in [-0.3, -0.25) is 14.4 Å². The molecule has 3 aromatic rings. The molecule has 7 heteroatoms. The van der Waals surface area contributed by atoms with E-state index in [2.05, 4.69) is 10.6 Å². The molecule has 0 aliphatic carbocycles. The molecule has 170 valence electrons. The molecule has 3 aromatic carbocycles. The van der Waals surface area contributed by atoms with Gasteiger partial charge in [0.25, 0.3) is 11.8 Å². The summed E-state index contributed by atoms with van der Waals surface area (Å²) in [5.41, 5.74) is 3.92. The molecule has 0 bridgehead atoms. The Balaban J connectivity index is 1.71. The minimum atomic E-state index is -0.630. The lowest BCUT2D eigenvalue weighted by atomic mass is 10.1. The summed E-state index contributed by atoms with van der Waals surface area (Å²) in [7, 11) is 1.53. The topological polar surface area (TPSA) is 78.5 Å². The molecule has 3 amide bonds. The second-order valence-corrected chi connectivity index (χ2v) is 7.94. The maximum atomic E-state index is 13.9. The van der Waals surface area contributed by atoms with Crippen molar-refractivity contribution >= 4 is 29.1 Å². The highest BCUT2D eigenvalue weighted by Gasteiger charge is 2.18. The first-order valence-electron chi connectivity index (χ1n) is 10.5. The molecule has 0 saturated heterocycles. The van der Waals surface area contributed by atoms with Crippen LogP contribution in [0.25, 0.3) is 0 Å². The quantitative estimate of drug-likeness (QED) is 0.574. The number of nitrogens with one attached hydrogen (secondary N) is 2. The van der Waals surface area contributed by atoms with Gasteiger partial charge in [0.15, 0.2) is 0 Å². The molecule has 0 aliphatic rings. The Bertz CT molecular complexity index is 1200. The van der Waals surface area contributed by atoms with Crippen LogP contribution in [-0.2, 0) is 4.79 Å². The standard InChI is InChI=1S/C26H26FN3O3/c1-16-12-13-19(14-22(16)28-25(32)20-10-5-6-11-21(20)27)26(33)30(4)15-23(31)29-24-17(2)8-7-9-18(24)3/h5-14H,15H2,1-4H3,(H,28,32)(H,29,31). The van der Waals surface area contributed by atoms with Crippen LogP contribution in [0.2, 0.25) is 0 Å². The number of benzene rings is 3. The highest BCUT2D eigenvalue weighted by molar-refractivity contribution is 6.06. The van der Waals surface area contributed by atoms with Gasteiger partial charge in [-0.25, -0.2) is 4.39 Å². The van der Waals surface area contributed by atoms with Crippen molar-refractivity contribution in [2.45, 2.75) is 20.8 Å². The number of rotatable bonds is 6. The Morgan fingerprint density at radius 1 is 0.848 bits per heavy atom. The Kier molecular flexibility index (Phi) is 7.23. The number of hydrogen-bond acceptors (Lipinski definition) is 3. The van der Waals surface area contributed by atoms with Crippen LogP contribution in [0.1, 0.15) is 37.4 Å². The van der Waals surface area contributed by atoms with Crippen LogP contribution in [0, 0.1) is 26.6 Å². The van der Waals surface area contributed by atoms with Gasteiger partial charge in [-0.1, -0.05) is 36.4 Å². The minimum Gasteiger partial charge on any atom is -0.332 e. The Morgan fingerprint density at radius 2 is 1.52 bits per heavy atom. The number of nitrogens with zero attached hydrogens (tertiary/aromatic N) is 1. The van der Waals surface area contributed by atoms with Crippen LogP contribution in [-0.4, -0.2) is 36.2 Å². The number of carbonyl (C=O) groups excluding carboxylic acids is 3. The lowest BCUT2D eigenvalue weighted by Gasteiger charge is -2.19. The van der Waals surface area contributed by atoms with E-state index < -0.39 is 11.7 Å². The van der Waals surface area contributed by atoms with E-state index >= 15 is 0 Å². The fraction of sp³-hybridized carbons (Fsp3) is 0.192. The molecule has 0 spiro atoms. The van der Waals surface area contributed by atoms with E-state index in [-0.39, 0.29) is 23.9 Å². The Labute approximate surface area is 192 Å². The van der Waals surface area contributed by atoms with Crippen LogP contribution in [0.15, 0.2) is 60.7 Å². The van der Waals surface area contributed by atoms with Crippen LogP contribution < -0.4 is 10.6 Å². The van der Waals surface area contributed by atoms with Gasteiger partial charge in [0.05, 0.1) is 12.1 Å². The fourth-order valence-corrected chi connectivity index (χ4v) is 3.42. The van der Waals surface area contributed by atoms with E-state index in [0.717, 1.165) is 16.8 Å². The van der Waals surface area contributed by atoms with Gasteiger partial charge in [-0.05, 0) is 61.7 Å². The van der Waals surface area contributed by atoms with E-state index in [1.165, 1.54) is 36.2 Å². The van der Waals surface area contributed by atoms with Crippen LogP contribution in [0.4, 0.5) is 15.8 Å². The molecule has 0 saturated carbocycles. The summed E-state index contributed by atoms with van der Waals surface area (Å²) in [6.45, 7) is 5.44. The van der Waals surface area contributed by atoms with E-state index in [1.54, 1.807) is 25.1 Å². The number of likely N-dealkylation sites (N-methyl/N-ethyl adjacent to an activating group) is 1. The summed E-state index contributed by atoms with van der Waals surface area (Å²) >= 11 is 0. The van der Waals surface area contributed by atoms with E-state index in [4.69, 9.17) is 0 Å². The zero-order chi connectivity index (χ0) is 24.1. The third-order valence-electron chi connectivity index (χ3n) is 5.32. The first kappa shape index (κ1) is 23.7. The molecule has 0 atom stereocenters. The second-order valence-electron chi connectivity index (χ2n) is 7.94. The third kappa shape index (κ3) is 5.63. The highest BCUT2D eigenvalue weighted by atomic mass is 19.1. The average molecular weight is 448 g/mol. The number of para-hydroxylation sites is 1. The van der Waals surface area contributed by atoms with Gasteiger partial charge in [0.1, 0.15) is 5.82 Å². The van der Waals surface area contributed by atoms with Crippen molar-refractivity contribution in [3.8, 4) is 0 Å². The first-order chi connectivity index (χ1) is 15.7. The summed E-state index contributed by atoms with van der Waals surface area (Å²) in [6.07, 6.45) is 0. The van der Waals surface area contributed by atoms with Crippen molar-refractivity contribution in [2.24, 2.45) is 0 Å². The SMILES string of the molecule is Cc1ccc(C(=O)N(C)CC(=O)Nc2c(C)cccc2C)cc1NC(=O)c1ccccc1F. The molecule has 6 nitrogen and oxygen atoms in total. The van der Waals surface area contributed by atoms with Gasteiger partial charge < -0.3 is 15.5 Å². The molecule has 2 N–H and O–H groups in total. The number of amides is 3. The predicted octanol–water partition coefficient (Wildman–Crippen LogP) is 4.71. The van der Waals surface area contributed by atoms with E-state index in [0.29, 0.717) is 16.8 Å². The van der Waals surface area contributed by atoms with Gasteiger partial charge >= 0.3 is 0 Å². The molecular formula is C26H26FN3O3. The van der Waals surface area contributed by atoms with Crippen molar-refractivity contribution in [1.29, 1.82) is 0 Å². The van der Waals surface area contributed by atoms with E-state index in [1.807, 2.05) is 32.0 Å². The summed E-state index contributed by atoms with van der Waals surface area (Å²) in [6, 6.07) is 16.2. The minimum absolute atomic E-state index is 0.0890. The number of carbonyl (C=O) groups is 3. The Morgan fingerprint density at radius 3 is 2.18 bits per heavy atom. The van der Waals surface area contributed by atoms with Gasteiger partial charge in [0, 0.05) is 24.0 Å². The molecular weight excluding hydrogens is 421 g/mol. The molecule has 0 heterocycles. The molecule has 0 radical (unpaired) electrons. The summed E-state index contributed by atoms with van der Waals surface area (Å²) in [5.74, 6) is -1.94. The first-order valence-corrected chi connectivity index (χ1v) is 10.5. The zero-order valence-electron chi connectivity index (χ0n) is 19.0. The average Bonchev–Trinajstić information content (AvgIpc) is 2.77. The van der Waals surface area contributed by atoms with Crippen LogP contribution in [0.3, 0.4) is 0 Å². The summed E-state index contributed by atoms with van der Waals surface area (Å²) in [4.78, 5) is 39.2. The third-order valence-corrected chi connectivity index (χ3v) is 5.32. The summed E-state index contributed by atoms with van der Waals surface area (Å²) < 4.78 is 13.9. The van der Waals surface area contributed by atoms with Crippen molar-refractivity contribution in [3.63, 3.8) is 0 Å². The molecule has 0 aromatic heterocycles. The largest absolute Gasteiger partial charge is 0.332 e. The van der Waals surface area contributed by atoms with Crippen molar-refractivity contribution in [3.05, 3.63) is 94.3 Å². The summed E-state index contributed by atoms with van der Waals surface area (Å²) in [5, 5.41) is 5.52. The number of aryl methyl sites for hydroxylation is 3. The van der Waals surface area contributed by atoms with Crippen LogP contribution >= 0.6 is 0 Å². The molecule has 0 aliphatic heterocycles. The smallest absolute Gasteiger partial charge is 0.258 e. The zero-order valence-corrected chi connectivity index (χ0v) is 19.0.